The maximum Gasteiger partial charge on any atom is 0.261 e. The van der Waals surface area contributed by atoms with Crippen LogP contribution in [0.1, 0.15) is 10.4 Å². The number of benzene rings is 2. The Labute approximate surface area is 125 Å². The standard InChI is InChI=1S/C15H13N3O2S/c1-20-12-5-3-2-4-10(12)14(19)18-15-17-11-7-6-9(16)8-13(11)21-15/h2-8H,16H2,1H3,(H,17,18,19). The molecule has 6 heteroatoms. The van der Waals surface area contributed by atoms with Crippen molar-refractivity contribution in [3.8, 4) is 5.75 Å². The summed E-state index contributed by atoms with van der Waals surface area (Å²) in [5, 5.41) is 3.32. The van der Waals surface area contributed by atoms with Crippen molar-refractivity contribution in [2.75, 3.05) is 18.2 Å². The third kappa shape index (κ3) is 2.66. The average Bonchev–Trinajstić information content (AvgIpc) is 2.88. The SMILES string of the molecule is COc1ccccc1C(=O)Nc1nc2ccc(N)cc2s1. The van der Waals surface area contributed by atoms with Gasteiger partial charge in [-0.1, -0.05) is 23.5 Å². The van der Waals surface area contributed by atoms with E-state index in [1.807, 2.05) is 18.2 Å². The van der Waals surface area contributed by atoms with E-state index in [1.165, 1.54) is 18.4 Å². The predicted octanol–water partition coefficient (Wildman–Crippen LogP) is 3.14. The molecule has 2 aromatic carbocycles. The third-order valence-electron chi connectivity index (χ3n) is 2.98. The lowest BCUT2D eigenvalue weighted by Gasteiger charge is -2.06. The summed E-state index contributed by atoms with van der Waals surface area (Å²) >= 11 is 1.38. The van der Waals surface area contributed by atoms with Crippen LogP contribution in [0.3, 0.4) is 0 Å². The number of carbonyl (C=O) groups excluding carboxylic acids is 1. The molecular formula is C15H13N3O2S. The van der Waals surface area contributed by atoms with Crippen LogP contribution in [0.4, 0.5) is 10.8 Å². The van der Waals surface area contributed by atoms with Gasteiger partial charge in [0.1, 0.15) is 5.75 Å². The van der Waals surface area contributed by atoms with Crippen molar-refractivity contribution in [3.05, 3.63) is 48.0 Å². The van der Waals surface area contributed by atoms with Gasteiger partial charge in [-0.3, -0.25) is 10.1 Å². The van der Waals surface area contributed by atoms with Crippen molar-refractivity contribution >= 4 is 38.3 Å². The highest BCUT2D eigenvalue weighted by molar-refractivity contribution is 7.22. The van der Waals surface area contributed by atoms with Crippen molar-refractivity contribution in [2.24, 2.45) is 0 Å². The first-order chi connectivity index (χ1) is 10.2. The van der Waals surface area contributed by atoms with Gasteiger partial charge in [0, 0.05) is 5.69 Å². The van der Waals surface area contributed by atoms with Crippen LogP contribution in [-0.2, 0) is 0 Å². The van der Waals surface area contributed by atoms with Gasteiger partial charge < -0.3 is 10.5 Å². The van der Waals surface area contributed by atoms with E-state index in [1.54, 1.807) is 24.3 Å². The summed E-state index contributed by atoms with van der Waals surface area (Å²) in [6.07, 6.45) is 0. The highest BCUT2D eigenvalue weighted by atomic mass is 32.1. The first-order valence-corrected chi connectivity index (χ1v) is 7.09. The molecule has 1 aromatic heterocycles. The topological polar surface area (TPSA) is 77.2 Å². The Balaban J connectivity index is 1.89. The first-order valence-electron chi connectivity index (χ1n) is 6.28. The number of anilines is 2. The number of nitrogen functional groups attached to an aromatic ring is 1. The van der Waals surface area contributed by atoms with Crippen LogP contribution in [0.25, 0.3) is 10.2 Å². The normalized spacial score (nSPS) is 10.5. The Morgan fingerprint density at radius 1 is 1.29 bits per heavy atom. The van der Waals surface area contributed by atoms with Crippen molar-refractivity contribution < 1.29 is 9.53 Å². The second-order valence-corrected chi connectivity index (χ2v) is 5.43. The number of ether oxygens (including phenoxy) is 1. The Hall–Kier alpha value is -2.60. The fourth-order valence-electron chi connectivity index (χ4n) is 1.99. The van der Waals surface area contributed by atoms with Gasteiger partial charge in [-0.15, -0.1) is 0 Å². The number of methoxy groups -OCH3 is 1. The molecule has 0 unspecified atom stereocenters. The summed E-state index contributed by atoms with van der Waals surface area (Å²) in [5.74, 6) is 0.278. The fourth-order valence-corrected chi connectivity index (χ4v) is 2.90. The zero-order chi connectivity index (χ0) is 14.8. The first kappa shape index (κ1) is 13.4. The Bertz CT molecular complexity index is 814. The molecule has 0 bridgehead atoms. The van der Waals surface area contributed by atoms with E-state index in [2.05, 4.69) is 10.3 Å². The quantitative estimate of drug-likeness (QED) is 0.728. The van der Waals surface area contributed by atoms with Gasteiger partial charge in [0.2, 0.25) is 0 Å². The molecule has 106 valence electrons. The van der Waals surface area contributed by atoms with Crippen molar-refractivity contribution in [3.63, 3.8) is 0 Å². The number of hydrogen-bond acceptors (Lipinski definition) is 5. The molecule has 0 saturated carbocycles. The molecule has 0 fully saturated rings. The summed E-state index contributed by atoms with van der Waals surface area (Å²) in [5.41, 5.74) is 7.69. The number of thiazole rings is 1. The van der Waals surface area contributed by atoms with Crippen molar-refractivity contribution in [1.29, 1.82) is 0 Å². The van der Waals surface area contributed by atoms with Crippen molar-refractivity contribution in [2.45, 2.75) is 0 Å². The summed E-state index contributed by atoms with van der Waals surface area (Å²) in [6, 6.07) is 12.5. The minimum Gasteiger partial charge on any atom is -0.496 e. The Kier molecular flexibility index (Phi) is 3.45. The number of nitrogens with one attached hydrogen (secondary N) is 1. The van der Waals surface area contributed by atoms with Crippen LogP contribution in [-0.4, -0.2) is 18.0 Å². The molecule has 5 nitrogen and oxygen atoms in total. The third-order valence-corrected chi connectivity index (χ3v) is 3.92. The van der Waals surface area contributed by atoms with Crippen LogP contribution >= 0.6 is 11.3 Å². The summed E-state index contributed by atoms with van der Waals surface area (Å²) < 4.78 is 6.12. The van der Waals surface area contributed by atoms with Crippen LogP contribution in [0, 0.1) is 0 Å². The summed E-state index contributed by atoms with van der Waals surface area (Å²) in [7, 11) is 1.53. The molecule has 1 heterocycles. The average molecular weight is 299 g/mol. The lowest BCUT2D eigenvalue weighted by Crippen LogP contribution is -2.12. The van der Waals surface area contributed by atoms with Gasteiger partial charge in [-0.2, -0.15) is 0 Å². The smallest absolute Gasteiger partial charge is 0.261 e. The van der Waals surface area contributed by atoms with E-state index >= 15 is 0 Å². The minimum absolute atomic E-state index is 0.250. The van der Waals surface area contributed by atoms with Crippen LogP contribution < -0.4 is 15.8 Å². The van der Waals surface area contributed by atoms with E-state index in [-0.39, 0.29) is 5.91 Å². The highest BCUT2D eigenvalue weighted by Crippen LogP contribution is 2.28. The summed E-state index contributed by atoms with van der Waals surface area (Å²) in [6.45, 7) is 0. The van der Waals surface area contributed by atoms with Gasteiger partial charge in [0.05, 0.1) is 22.9 Å². The summed E-state index contributed by atoms with van der Waals surface area (Å²) in [4.78, 5) is 16.7. The molecule has 0 saturated heterocycles. The number of nitrogens with zero attached hydrogens (tertiary/aromatic N) is 1. The molecule has 3 N–H and O–H groups in total. The molecule has 0 spiro atoms. The number of nitrogens with two attached hydrogens (primary N) is 1. The number of hydrogen-bond donors (Lipinski definition) is 2. The van der Waals surface area contributed by atoms with Gasteiger partial charge >= 0.3 is 0 Å². The minimum atomic E-state index is -0.250. The van der Waals surface area contributed by atoms with E-state index < -0.39 is 0 Å². The zero-order valence-corrected chi connectivity index (χ0v) is 12.1. The fraction of sp³-hybridized carbons (Fsp3) is 0.0667. The van der Waals surface area contributed by atoms with Gasteiger partial charge in [0.25, 0.3) is 5.91 Å². The zero-order valence-electron chi connectivity index (χ0n) is 11.3. The van der Waals surface area contributed by atoms with E-state index in [9.17, 15) is 4.79 Å². The number of fused-ring (bicyclic) bond motifs is 1. The van der Waals surface area contributed by atoms with Crippen LogP contribution in [0.2, 0.25) is 0 Å². The number of amides is 1. The number of aromatic nitrogens is 1. The Morgan fingerprint density at radius 3 is 2.90 bits per heavy atom. The van der Waals surface area contributed by atoms with Crippen LogP contribution in [0.5, 0.6) is 5.75 Å². The molecule has 0 atom stereocenters. The predicted molar refractivity (Wildman–Crippen MR) is 85.0 cm³/mol. The molecular weight excluding hydrogens is 286 g/mol. The van der Waals surface area contributed by atoms with E-state index in [0.717, 1.165) is 10.2 Å². The van der Waals surface area contributed by atoms with Gasteiger partial charge in [0.15, 0.2) is 5.13 Å². The molecule has 21 heavy (non-hydrogen) atoms. The molecule has 0 aliphatic carbocycles. The van der Waals surface area contributed by atoms with Gasteiger partial charge in [-0.05, 0) is 30.3 Å². The Morgan fingerprint density at radius 2 is 2.10 bits per heavy atom. The van der Waals surface area contributed by atoms with Gasteiger partial charge in [-0.25, -0.2) is 4.98 Å². The molecule has 3 rings (SSSR count). The van der Waals surface area contributed by atoms with Crippen LogP contribution in [0.15, 0.2) is 42.5 Å². The molecule has 0 radical (unpaired) electrons. The second kappa shape index (κ2) is 5.41. The maximum atomic E-state index is 12.3. The lowest BCUT2D eigenvalue weighted by molar-refractivity contribution is 0.102. The molecule has 0 aliphatic rings. The molecule has 0 aliphatic heterocycles. The largest absolute Gasteiger partial charge is 0.496 e. The number of carbonyl (C=O) groups is 1. The molecule has 3 aromatic rings. The monoisotopic (exact) mass is 299 g/mol. The highest BCUT2D eigenvalue weighted by Gasteiger charge is 2.13. The number of rotatable bonds is 3. The maximum absolute atomic E-state index is 12.3. The van der Waals surface area contributed by atoms with E-state index in [4.69, 9.17) is 10.5 Å². The molecule has 1 amide bonds. The second-order valence-electron chi connectivity index (χ2n) is 4.40. The number of para-hydroxylation sites is 1. The van der Waals surface area contributed by atoms with Crippen molar-refractivity contribution in [1.82, 2.24) is 4.98 Å². The van der Waals surface area contributed by atoms with E-state index in [0.29, 0.717) is 22.1 Å². The lowest BCUT2D eigenvalue weighted by atomic mass is 10.2.